The standard InChI is InChI=1S/C8H8.C4H6O8S/c1-2-8-6-4-3-5-7-8;5-2(6)1-4(9,3(7)8)13(10,11)12/h2-7H,1H2;9H,1H2,(H,5,6)(H,7,8)(H,10,11,12). The van der Waals surface area contributed by atoms with Gasteiger partial charge in [-0.25, -0.2) is 4.79 Å². The lowest BCUT2D eigenvalue weighted by Crippen LogP contribution is -2.47. The van der Waals surface area contributed by atoms with Gasteiger partial charge in [0.25, 0.3) is 4.93 Å². The number of hydrogen-bond donors (Lipinski definition) is 4. The zero-order chi connectivity index (χ0) is 16.7. The summed E-state index contributed by atoms with van der Waals surface area (Å²) in [5.74, 6) is -4.22. The highest BCUT2D eigenvalue weighted by molar-refractivity contribution is 7.87. The third-order valence-corrected chi connectivity index (χ3v) is 3.36. The lowest BCUT2D eigenvalue weighted by Gasteiger charge is -2.16. The fourth-order valence-electron chi connectivity index (χ4n) is 1.07. The van der Waals surface area contributed by atoms with E-state index in [4.69, 9.17) is 19.9 Å². The molecule has 0 fully saturated rings. The van der Waals surface area contributed by atoms with Gasteiger partial charge >= 0.3 is 22.1 Å². The number of aliphatic hydroxyl groups is 1. The molecule has 0 aliphatic heterocycles. The lowest BCUT2D eigenvalue weighted by molar-refractivity contribution is -0.157. The number of benzene rings is 1. The summed E-state index contributed by atoms with van der Waals surface area (Å²) >= 11 is 0. The van der Waals surface area contributed by atoms with Crippen LogP contribution < -0.4 is 0 Å². The molecule has 0 bridgehead atoms. The molecule has 0 amide bonds. The molecule has 0 saturated heterocycles. The van der Waals surface area contributed by atoms with Crippen LogP contribution in [0.2, 0.25) is 0 Å². The van der Waals surface area contributed by atoms with E-state index >= 15 is 0 Å². The van der Waals surface area contributed by atoms with Crippen LogP contribution in [0.3, 0.4) is 0 Å². The molecule has 0 radical (unpaired) electrons. The van der Waals surface area contributed by atoms with E-state index in [1.165, 1.54) is 5.56 Å². The average molecular weight is 318 g/mol. The average Bonchev–Trinajstić information content (AvgIpc) is 2.38. The van der Waals surface area contributed by atoms with Crippen molar-refractivity contribution in [1.29, 1.82) is 0 Å². The molecule has 4 N–H and O–H groups in total. The first-order valence-corrected chi connectivity index (χ1v) is 6.80. The van der Waals surface area contributed by atoms with Crippen molar-refractivity contribution < 1.29 is 37.9 Å². The van der Waals surface area contributed by atoms with Crippen molar-refractivity contribution in [3.63, 3.8) is 0 Å². The van der Waals surface area contributed by atoms with Gasteiger partial charge in [0.1, 0.15) is 6.42 Å². The molecule has 116 valence electrons. The molecule has 1 atom stereocenters. The summed E-state index contributed by atoms with van der Waals surface area (Å²) in [6.45, 7) is 3.63. The SMILES string of the molecule is C=Cc1ccccc1.O=C(O)CC(O)(C(=O)O)S(=O)(=O)O. The van der Waals surface area contributed by atoms with Gasteiger partial charge in [-0.15, -0.1) is 0 Å². The van der Waals surface area contributed by atoms with E-state index in [1.807, 2.05) is 36.4 Å². The minimum Gasteiger partial charge on any atom is -0.481 e. The van der Waals surface area contributed by atoms with Gasteiger partial charge in [-0.1, -0.05) is 43.0 Å². The minimum absolute atomic E-state index is 1.17. The molecule has 1 rings (SSSR count). The van der Waals surface area contributed by atoms with Crippen LogP contribution in [0.15, 0.2) is 36.9 Å². The molecule has 8 nitrogen and oxygen atoms in total. The van der Waals surface area contributed by atoms with Gasteiger partial charge in [0.05, 0.1) is 0 Å². The van der Waals surface area contributed by atoms with E-state index in [0.717, 1.165) is 0 Å². The molecule has 0 aliphatic rings. The van der Waals surface area contributed by atoms with E-state index in [2.05, 4.69) is 6.58 Å². The van der Waals surface area contributed by atoms with Crippen molar-refractivity contribution in [2.75, 3.05) is 0 Å². The van der Waals surface area contributed by atoms with Crippen molar-refractivity contribution in [3.8, 4) is 0 Å². The predicted octanol–water partition coefficient (Wildman–Crippen LogP) is 0.452. The van der Waals surface area contributed by atoms with Crippen LogP contribution in [0.1, 0.15) is 12.0 Å². The summed E-state index contributed by atoms with van der Waals surface area (Å²) in [6.07, 6.45) is 0.196. The smallest absolute Gasteiger partial charge is 0.355 e. The Balaban J connectivity index is 0.000000423. The second-order valence-electron chi connectivity index (χ2n) is 3.75. The van der Waals surface area contributed by atoms with Crippen molar-refractivity contribution in [3.05, 3.63) is 42.5 Å². The van der Waals surface area contributed by atoms with Crippen LogP contribution in [0, 0.1) is 0 Å². The van der Waals surface area contributed by atoms with E-state index in [1.54, 1.807) is 0 Å². The number of hydrogen-bond acceptors (Lipinski definition) is 5. The van der Waals surface area contributed by atoms with Crippen molar-refractivity contribution in [2.45, 2.75) is 11.4 Å². The Labute approximate surface area is 120 Å². The molecule has 21 heavy (non-hydrogen) atoms. The van der Waals surface area contributed by atoms with Gasteiger partial charge in [0.2, 0.25) is 0 Å². The van der Waals surface area contributed by atoms with Gasteiger partial charge in [-0.2, -0.15) is 8.42 Å². The van der Waals surface area contributed by atoms with Gasteiger partial charge in [-0.05, 0) is 5.56 Å². The second kappa shape index (κ2) is 7.53. The van der Waals surface area contributed by atoms with Crippen LogP contribution in [-0.2, 0) is 19.7 Å². The lowest BCUT2D eigenvalue weighted by atomic mass is 10.2. The van der Waals surface area contributed by atoms with E-state index < -0.39 is 33.4 Å². The first kappa shape index (κ1) is 18.8. The summed E-state index contributed by atoms with van der Waals surface area (Å²) in [5, 5.41) is 25.0. The molecule has 0 aromatic heterocycles. The topological polar surface area (TPSA) is 149 Å². The fourth-order valence-corrected chi connectivity index (χ4v) is 1.60. The monoisotopic (exact) mass is 318 g/mol. The quantitative estimate of drug-likeness (QED) is 0.572. The third kappa shape index (κ3) is 5.73. The highest BCUT2D eigenvalue weighted by Gasteiger charge is 2.51. The molecule has 1 aromatic rings. The Bertz CT molecular complexity index is 607. The Kier molecular flexibility index (Phi) is 6.73. The maximum atomic E-state index is 10.3. The maximum absolute atomic E-state index is 10.3. The number of aliphatic carboxylic acids is 2. The van der Waals surface area contributed by atoms with Crippen LogP contribution in [0.5, 0.6) is 0 Å². The van der Waals surface area contributed by atoms with Crippen molar-refractivity contribution in [1.82, 2.24) is 0 Å². The third-order valence-electron chi connectivity index (χ3n) is 2.19. The number of carboxylic acids is 2. The molecule has 0 spiro atoms. The molecule has 9 heteroatoms. The highest BCUT2D eigenvalue weighted by Crippen LogP contribution is 2.17. The summed E-state index contributed by atoms with van der Waals surface area (Å²) < 4.78 is 28.8. The summed E-state index contributed by atoms with van der Waals surface area (Å²) in [5.41, 5.74) is 1.17. The second-order valence-corrected chi connectivity index (χ2v) is 5.38. The minimum atomic E-state index is -5.38. The summed E-state index contributed by atoms with van der Waals surface area (Å²) in [4.78, 5) is 16.4. The van der Waals surface area contributed by atoms with Crippen molar-refractivity contribution in [2.24, 2.45) is 0 Å². The van der Waals surface area contributed by atoms with Gasteiger partial charge in [0, 0.05) is 0 Å². The molecule has 0 saturated carbocycles. The van der Waals surface area contributed by atoms with Gasteiger partial charge in [0.15, 0.2) is 0 Å². The van der Waals surface area contributed by atoms with Crippen LogP contribution >= 0.6 is 0 Å². The number of carbonyl (C=O) groups is 2. The Morgan fingerprint density at radius 3 is 1.86 bits per heavy atom. The number of rotatable bonds is 5. The summed E-state index contributed by atoms with van der Waals surface area (Å²) in [7, 11) is -5.38. The molecule has 0 heterocycles. The summed E-state index contributed by atoms with van der Waals surface area (Å²) in [6, 6.07) is 10.0. The first-order valence-electron chi connectivity index (χ1n) is 5.36. The molecule has 1 aromatic carbocycles. The molecular formula is C12H14O8S. The highest BCUT2D eigenvalue weighted by atomic mass is 32.2. The van der Waals surface area contributed by atoms with Crippen LogP contribution in [0.25, 0.3) is 6.08 Å². The predicted molar refractivity (Wildman–Crippen MR) is 72.9 cm³/mol. The molecule has 1 unspecified atom stereocenters. The number of carboxylic acid groups (broad SMARTS) is 2. The molecular weight excluding hydrogens is 304 g/mol. The Morgan fingerprint density at radius 1 is 1.19 bits per heavy atom. The van der Waals surface area contributed by atoms with E-state index in [9.17, 15) is 18.0 Å². The van der Waals surface area contributed by atoms with E-state index in [0.29, 0.717) is 0 Å². The normalized spacial score (nSPS) is 13.2. The van der Waals surface area contributed by atoms with Gasteiger partial charge < -0.3 is 15.3 Å². The Hall–Kier alpha value is -2.23. The van der Waals surface area contributed by atoms with E-state index in [-0.39, 0.29) is 0 Å². The first-order chi connectivity index (χ1) is 9.54. The maximum Gasteiger partial charge on any atom is 0.355 e. The molecule has 0 aliphatic carbocycles. The van der Waals surface area contributed by atoms with Crippen molar-refractivity contribution >= 4 is 28.1 Å². The Morgan fingerprint density at radius 2 is 1.67 bits per heavy atom. The van der Waals surface area contributed by atoms with Crippen LogP contribution in [0.4, 0.5) is 0 Å². The zero-order valence-electron chi connectivity index (χ0n) is 10.7. The largest absolute Gasteiger partial charge is 0.481 e. The fraction of sp³-hybridized carbons (Fsp3) is 0.167. The van der Waals surface area contributed by atoms with Crippen LogP contribution in [-0.4, -0.2) is 45.2 Å². The zero-order valence-corrected chi connectivity index (χ0v) is 11.5. The van der Waals surface area contributed by atoms with Gasteiger partial charge in [-0.3, -0.25) is 9.35 Å².